The number of nitrogens with zero attached hydrogens (tertiary/aromatic N) is 1. The van der Waals surface area contributed by atoms with E-state index in [1.165, 1.54) is 12.8 Å². The molecule has 0 aromatic carbocycles. The first kappa shape index (κ1) is 11.5. The van der Waals surface area contributed by atoms with E-state index in [0.717, 1.165) is 32.4 Å². The lowest BCUT2D eigenvalue weighted by molar-refractivity contribution is -0.136. The first-order valence-corrected chi connectivity index (χ1v) is 5.93. The van der Waals surface area contributed by atoms with Crippen LogP contribution >= 0.6 is 0 Å². The third kappa shape index (κ3) is 2.73. The molecule has 1 aliphatic rings. The molecule has 2 nitrogen and oxygen atoms in total. The number of hydrogen-bond acceptors (Lipinski definition) is 1. The largest absolute Gasteiger partial charge is 0.339 e. The molecular weight excluding hydrogens is 174 g/mol. The molecule has 82 valence electrons. The standard InChI is InChI=1S/C12H23NO/c1-4-6-8-12(3,7-5-2)11(14)13-9-10-13/h4-10H2,1-3H3. The van der Waals surface area contributed by atoms with E-state index in [4.69, 9.17) is 0 Å². The van der Waals surface area contributed by atoms with Gasteiger partial charge in [0.1, 0.15) is 0 Å². The Kier molecular flexibility index (Phi) is 3.97. The molecule has 0 aromatic rings. The van der Waals surface area contributed by atoms with Gasteiger partial charge in [-0.25, -0.2) is 0 Å². The zero-order valence-electron chi connectivity index (χ0n) is 9.81. The highest BCUT2D eigenvalue weighted by atomic mass is 16.2. The van der Waals surface area contributed by atoms with Crippen LogP contribution < -0.4 is 0 Å². The minimum absolute atomic E-state index is 0.0682. The number of carbonyl (C=O) groups is 1. The van der Waals surface area contributed by atoms with Crippen molar-refractivity contribution >= 4 is 5.91 Å². The van der Waals surface area contributed by atoms with E-state index in [0.29, 0.717) is 5.91 Å². The fraction of sp³-hybridized carbons (Fsp3) is 0.917. The van der Waals surface area contributed by atoms with Crippen LogP contribution in [0, 0.1) is 5.41 Å². The van der Waals surface area contributed by atoms with Gasteiger partial charge >= 0.3 is 0 Å². The number of unbranched alkanes of at least 4 members (excludes halogenated alkanes) is 1. The van der Waals surface area contributed by atoms with E-state index in [1.54, 1.807) is 0 Å². The second-order valence-corrected chi connectivity index (χ2v) is 4.71. The fourth-order valence-electron chi connectivity index (χ4n) is 2.09. The Morgan fingerprint density at radius 2 is 1.86 bits per heavy atom. The van der Waals surface area contributed by atoms with Crippen LogP contribution in [0.1, 0.15) is 52.9 Å². The Morgan fingerprint density at radius 3 is 2.29 bits per heavy atom. The molecule has 1 saturated heterocycles. The van der Waals surface area contributed by atoms with Crippen molar-refractivity contribution in [1.29, 1.82) is 0 Å². The second kappa shape index (κ2) is 4.81. The Bertz CT molecular complexity index is 198. The molecule has 1 atom stereocenters. The molecular formula is C12H23NO. The van der Waals surface area contributed by atoms with E-state index in [1.807, 2.05) is 4.90 Å². The van der Waals surface area contributed by atoms with Gasteiger partial charge in [-0.1, -0.05) is 40.0 Å². The van der Waals surface area contributed by atoms with Crippen LogP contribution in [-0.4, -0.2) is 23.9 Å². The molecule has 0 spiro atoms. The smallest absolute Gasteiger partial charge is 0.228 e. The molecule has 0 bridgehead atoms. The summed E-state index contributed by atoms with van der Waals surface area (Å²) >= 11 is 0. The zero-order valence-corrected chi connectivity index (χ0v) is 9.81. The molecule has 0 aromatic heterocycles. The summed E-state index contributed by atoms with van der Waals surface area (Å²) in [5, 5.41) is 0. The third-order valence-electron chi connectivity index (χ3n) is 3.13. The van der Waals surface area contributed by atoms with E-state index < -0.39 is 0 Å². The molecule has 1 rings (SSSR count). The summed E-state index contributed by atoms with van der Waals surface area (Å²) in [5.74, 6) is 0.396. The normalized spacial score (nSPS) is 19.2. The third-order valence-corrected chi connectivity index (χ3v) is 3.13. The predicted molar refractivity (Wildman–Crippen MR) is 59.1 cm³/mol. The Balaban J connectivity index is 2.53. The van der Waals surface area contributed by atoms with Gasteiger partial charge in [-0.3, -0.25) is 4.79 Å². The van der Waals surface area contributed by atoms with Gasteiger partial charge < -0.3 is 4.90 Å². The lowest BCUT2D eigenvalue weighted by Crippen LogP contribution is -2.33. The predicted octanol–water partition coefficient (Wildman–Crippen LogP) is 2.83. The van der Waals surface area contributed by atoms with Gasteiger partial charge in [0.25, 0.3) is 0 Å². The average Bonchev–Trinajstić information content (AvgIpc) is 2.97. The van der Waals surface area contributed by atoms with Gasteiger partial charge in [0, 0.05) is 18.5 Å². The van der Waals surface area contributed by atoms with Crippen molar-refractivity contribution < 1.29 is 4.79 Å². The summed E-state index contributed by atoms with van der Waals surface area (Å²) in [4.78, 5) is 14.0. The summed E-state index contributed by atoms with van der Waals surface area (Å²) in [6.45, 7) is 8.48. The number of amides is 1. The second-order valence-electron chi connectivity index (χ2n) is 4.71. The summed E-state index contributed by atoms with van der Waals surface area (Å²) in [5.41, 5.74) is -0.0682. The number of hydrogen-bond donors (Lipinski definition) is 0. The van der Waals surface area contributed by atoms with Crippen molar-refractivity contribution in [2.24, 2.45) is 5.41 Å². The molecule has 0 radical (unpaired) electrons. The van der Waals surface area contributed by atoms with Crippen LogP contribution in [0.15, 0.2) is 0 Å². The van der Waals surface area contributed by atoms with Crippen molar-refractivity contribution in [3.63, 3.8) is 0 Å². The van der Waals surface area contributed by atoms with Crippen molar-refractivity contribution in [1.82, 2.24) is 4.90 Å². The minimum Gasteiger partial charge on any atom is -0.339 e. The van der Waals surface area contributed by atoms with E-state index in [2.05, 4.69) is 20.8 Å². The van der Waals surface area contributed by atoms with Crippen LogP contribution in [0.3, 0.4) is 0 Å². The Hall–Kier alpha value is -0.530. The molecule has 14 heavy (non-hydrogen) atoms. The number of rotatable bonds is 6. The zero-order chi connectivity index (χ0) is 10.6. The van der Waals surface area contributed by atoms with Gasteiger partial charge in [0.15, 0.2) is 0 Å². The van der Waals surface area contributed by atoms with Gasteiger partial charge in [-0.2, -0.15) is 0 Å². The first-order chi connectivity index (χ1) is 6.64. The van der Waals surface area contributed by atoms with Crippen LogP contribution in [0.5, 0.6) is 0 Å². The Labute approximate surface area is 87.7 Å². The molecule has 1 heterocycles. The topological polar surface area (TPSA) is 20.1 Å². The summed E-state index contributed by atoms with van der Waals surface area (Å²) in [7, 11) is 0. The van der Waals surface area contributed by atoms with E-state index >= 15 is 0 Å². The maximum Gasteiger partial charge on any atom is 0.228 e. The molecule has 1 unspecified atom stereocenters. The van der Waals surface area contributed by atoms with Crippen LogP contribution in [0.2, 0.25) is 0 Å². The molecule has 0 saturated carbocycles. The van der Waals surface area contributed by atoms with E-state index in [-0.39, 0.29) is 5.41 Å². The first-order valence-electron chi connectivity index (χ1n) is 5.93. The highest BCUT2D eigenvalue weighted by Gasteiger charge is 2.38. The molecule has 1 fully saturated rings. The van der Waals surface area contributed by atoms with Crippen molar-refractivity contribution in [2.45, 2.75) is 52.9 Å². The monoisotopic (exact) mass is 197 g/mol. The van der Waals surface area contributed by atoms with Gasteiger partial charge in [-0.05, 0) is 12.8 Å². The lowest BCUT2D eigenvalue weighted by Gasteiger charge is -2.28. The van der Waals surface area contributed by atoms with Gasteiger partial charge in [0.05, 0.1) is 0 Å². The molecule has 1 amide bonds. The summed E-state index contributed by atoms with van der Waals surface area (Å²) < 4.78 is 0. The summed E-state index contributed by atoms with van der Waals surface area (Å²) in [6, 6.07) is 0. The van der Waals surface area contributed by atoms with Crippen molar-refractivity contribution in [3.05, 3.63) is 0 Å². The number of carbonyl (C=O) groups excluding carboxylic acids is 1. The van der Waals surface area contributed by atoms with Gasteiger partial charge in [0.2, 0.25) is 5.91 Å². The van der Waals surface area contributed by atoms with Crippen LogP contribution in [0.25, 0.3) is 0 Å². The highest BCUT2D eigenvalue weighted by Crippen LogP contribution is 2.33. The van der Waals surface area contributed by atoms with Gasteiger partial charge in [-0.15, -0.1) is 0 Å². The molecule has 1 aliphatic heterocycles. The SMILES string of the molecule is CCCCC(C)(CCC)C(=O)N1CC1. The van der Waals surface area contributed by atoms with Crippen LogP contribution in [0.4, 0.5) is 0 Å². The van der Waals surface area contributed by atoms with E-state index in [9.17, 15) is 4.79 Å². The molecule has 0 aliphatic carbocycles. The average molecular weight is 197 g/mol. The molecule has 2 heteroatoms. The Morgan fingerprint density at radius 1 is 1.21 bits per heavy atom. The fourth-order valence-corrected chi connectivity index (χ4v) is 2.09. The van der Waals surface area contributed by atoms with Crippen molar-refractivity contribution in [3.8, 4) is 0 Å². The summed E-state index contributed by atoms with van der Waals surface area (Å²) in [6.07, 6.45) is 5.58. The quantitative estimate of drug-likeness (QED) is 0.599. The minimum atomic E-state index is -0.0682. The lowest BCUT2D eigenvalue weighted by atomic mass is 9.80. The maximum atomic E-state index is 12.0. The van der Waals surface area contributed by atoms with Crippen molar-refractivity contribution in [2.75, 3.05) is 13.1 Å². The molecule has 0 N–H and O–H groups in total. The highest BCUT2D eigenvalue weighted by molar-refractivity contribution is 5.84. The van der Waals surface area contributed by atoms with Crippen LogP contribution in [-0.2, 0) is 4.79 Å². The maximum absolute atomic E-state index is 12.0.